The highest BCUT2D eigenvalue weighted by molar-refractivity contribution is 6.05. The fourth-order valence-corrected chi connectivity index (χ4v) is 6.29. The second kappa shape index (κ2) is 7.83. The number of fused-ring (bicyclic) bond motifs is 6. The maximum atomic E-state index is 13.8. The molecule has 196 valence electrons. The zero-order chi connectivity index (χ0) is 26.6. The van der Waals surface area contributed by atoms with E-state index >= 15 is 0 Å². The van der Waals surface area contributed by atoms with Crippen molar-refractivity contribution in [2.75, 3.05) is 13.9 Å². The number of aryl methyl sites for hydroxylation is 1. The molecule has 7 rings (SSSR count). The standard InChI is InChI=1S/C28H25NO9/c1-10-6-11-7-12-8-15-19-20(16(12)22(31)17(11)28(34)29(10)2)24(33)21-23(32)18-13(30)4-5-14(35-3)25(18)38-27(21)26(19)37-9-36-15/h6-7,13-15,30-31,33H,4-5,8-9H2,1-3H3/t13-,14+,15+/m0/s1. The molecule has 4 aromatic rings. The van der Waals surface area contributed by atoms with Gasteiger partial charge in [-0.3, -0.25) is 9.59 Å². The molecule has 38 heavy (non-hydrogen) atoms. The molecular formula is C28H25NO9. The summed E-state index contributed by atoms with van der Waals surface area (Å²) in [5.41, 5.74) is 1.30. The van der Waals surface area contributed by atoms with E-state index in [2.05, 4.69) is 0 Å². The summed E-state index contributed by atoms with van der Waals surface area (Å²) in [6, 6.07) is 3.63. The van der Waals surface area contributed by atoms with Crippen LogP contribution >= 0.6 is 0 Å². The molecule has 0 fully saturated rings. The van der Waals surface area contributed by atoms with E-state index in [-0.39, 0.29) is 62.7 Å². The van der Waals surface area contributed by atoms with E-state index < -0.39 is 29.5 Å². The minimum absolute atomic E-state index is 0.0321. The molecule has 0 radical (unpaired) electrons. The number of methoxy groups -OCH3 is 1. The minimum atomic E-state index is -1.09. The van der Waals surface area contributed by atoms with Crippen molar-refractivity contribution >= 4 is 21.7 Å². The van der Waals surface area contributed by atoms with Gasteiger partial charge in [-0.05, 0) is 42.8 Å². The van der Waals surface area contributed by atoms with Crippen LogP contribution in [-0.2, 0) is 22.9 Å². The van der Waals surface area contributed by atoms with Crippen LogP contribution in [0.4, 0.5) is 0 Å². The molecule has 2 aliphatic carbocycles. The zero-order valence-corrected chi connectivity index (χ0v) is 21.0. The number of aromatic nitrogens is 1. The van der Waals surface area contributed by atoms with Crippen molar-refractivity contribution < 1.29 is 33.9 Å². The molecule has 2 aromatic heterocycles. The van der Waals surface area contributed by atoms with Crippen molar-refractivity contribution in [3.63, 3.8) is 0 Å². The molecule has 10 heteroatoms. The summed E-state index contributed by atoms with van der Waals surface area (Å²) in [5.74, 6) is -0.294. The van der Waals surface area contributed by atoms with Crippen LogP contribution in [0.3, 0.4) is 0 Å². The van der Waals surface area contributed by atoms with Gasteiger partial charge in [-0.15, -0.1) is 0 Å². The summed E-state index contributed by atoms with van der Waals surface area (Å²) in [5, 5.41) is 34.4. The first-order chi connectivity index (χ1) is 18.2. The van der Waals surface area contributed by atoms with Gasteiger partial charge in [-0.2, -0.15) is 0 Å². The van der Waals surface area contributed by atoms with Gasteiger partial charge in [-0.25, -0.2) is 0 Å². The van der Waals surface area contributed by atoms with E-state index in [0.717, 1.165) is 5.69 Å². The van der Waals surface area contributed by atoms with Crippen molar-refractivity contribution in [1.82, 2.24) is 4.57 Å². The largest absolute Gasteiger partial charge is 0.506 e. The molecule has 3 N–H and O–H groups in total. The fraction of sp³-hybridized carbons (Fsp3) is 0.357. The number of rotatable bonds is 1. The van der Waals surface area contributed by atoms with Crippen LogP contribution in [0.5, 0.6) is 17.2 Å². The van der Waals surface area contributed by atoms with Crippen LogP contribution in [0.1, 0.15) is 59.3 Å². The predicted octanol–water partition coefficient (Wildman–Crippen LogP) is 3.51. The Morgan fingerprint density at radius 1 is 1.05 bits per heavy atom. The Morgan fingerprint density at radius 2 is 1.82 bits per heavy atom. The van der Waals surface area contributed by atoms with Crippen LogP contribution < -0.4 is 15.7 Å². The molecule has 2 aromatic carbocycles. The highest BCUT2D eigenvalue weighted by Crippen LogP contribution is 2.57. The van der Waals surface area contributed by atoms with Gasteiger partial charge in [0.05, 0.1) is 23.2 Å². The van der Waals surface area contributed by atoms with E-state index in [4.69, 9.17) is 18.6 Å². The average molecular weight is 520 g/mol. The van der Waals surface area contributed by atoms with Crippen molar-refractivity contribution in [1.29, 1.82) is 0 Å². The number of aromatic hydroxyl groups is 2. The third-order valence-electron chi connectivity index (χ3n) is 8.26. The normalized spacial score (nSPS) is 21.6. The third kappa shape index (κ3) is 2.82. The van der Waals surface area contributed by atoms with Gasteiger partial charge >= 0.3 is 0 Å². The first-order valence-electron chi connectivity index (χ1n) is 12.4. The molecular weight excluding hydrogens is 494 g/mol. The fourth-order valence-electron chi connectivity index (χ4n) is 6.29. The molecule has 3 heterocycles. The second-order valence-corrected chi connectivity index (χ2v) is 10.2. The summed E-state index contributed by atoms with van der Waals surface area (Å²) in [4.78, 5) is 27.0. The lowest BCUT2D eigenvalue weighted by Crippen LogP contribution is -2.27. The van der Waals surface area contributed by atoms with E-state index in [9.17, 15) is 24.9 Å². The topological polar surface area (TPSA) is 141 Å². The van der Waals surface area contributed by atoms with E-state index in [1.54, 1.807) is 14.0 Å². The molecule has 1 aliphatic heterocycles. The number of benzene rings is 2. The van der Waals surface area contributed by atoms with E-state index in [1.807, 2.05) is 12.1 Å². The number of hydrogen-bond acceptors (Lipinski definition) is 9. The quantitative estimate of drug-likeness (QED) is 0.345. The average Bonchev–Trinajstić information content (AvgIpc) is 2.89. The second-order valence-electron chi connectivity index (χ2n) is 10.2. The van der Waals surface area contributed by atoms with Crippen LogP contribution in [0.2, 0.25) is 0 Å². The number of aliphatic hydroxyl groups is 1. The molecule has 3 atom stereocenters. The van der Waals surface area contributed by atoms with E-state index in [0.29, 0.717) is 35.8 Å². The maximum absolute atomic E-state index is 13.8. The third-order valence-corrected chi connectivity index (χ3v) is 8.26. The first-order valence-corrected chi connectivity index (χ1v) is 12.4. The maximum Gasteiger partial charge on any atom is 0.262 e. The number of ether oxygens (including phenoxy) is 3. The van der Waals surface area contributed by atoms with Crippen LogP contribution in [0.25, 0.3) is 32.9 Å². The van der Waals surface area contributed by atoms with Gasteiger partial charge in [0.15, 0.2) is 18.1 Å². The summed E-state index contributed by atoms with van der Waals surface area (Å²) in [6.45, 7) is 1.70. The lowest BCUT2D eigenvalue weighted by atomic mass is 9.79. The molecule has 3 aliphatic rings. The Morgan fingerprint density at radius 3 is 2.58 bits per heavy atom. The number of nitrogens with zero attached hydrogens (tertiary/aromatic N) is 1. The van der Waals surface area contributed by atoms with Gasteiger partial charge < -0.3 is 38.5 Å². The minimum Gasteiger partial charge on any atom is -0.506 e. The number of pyridine rings is 1. The molecule has 0 saturated heterocycles. The Hall–Kier alpha value is -3.86. The number of hydrogen-bond donors (Lipinski definition) is 3. The van der Waals surface area contributed by atoms with Crippen LogP contribution in [0, 0.1) is 6.92 Å². The van der Waals surface area contributed by atoms with Gasteiger partial charge in [0.25, 0.3) is 5.56 Å². The summed E-state index contributed by atoms with van der Waals surface area (Å²) in [7, 11) is 3.12. The van der Waals surface area contributed by atoms with Crippen molar-refractivity contribution in [2.45, 2.75) is 44.5 Å². The lowest BCUT2D eigenvalue weighted by Gasteiger charge is -2.35. The Bertz CT molecular complexity index is 1830. The summed E-state index contributed by atoms with van der Waals surface area (Å²) < 4.78 is 24.9. The van der Waals surface area contributed by atoms with E-state index in [1.165, 1.54) is 11.7 Å². The zero-order valence-electron chi connectivity index (χ0n) is 21.0. The molecule has 0 saturated carbocycles. The molecule has 0 spiro atoms. The smallest absolute Gasteiger partial charge is 0.262 e. The van der Waals surface area contributed by atoms with Crippen molar-refractivity contribution in [2.24, 2.45) is 7.05 Å². The van der Waals surface area contributed by atoms with Gasteiger partial charge in [-0.1, -0.05) is 0 Å². The number of phenols is 2. The van der Waals surface area contributed by atoms with Gasteiger partial charge in [0, 0.05) is 43.0 Å². The Labute approximate surface area is 215 Å². The summed E-state index contributed by atoms with van der Waals surface area (Å²) in [6.07, 6.45) is -1.08. The highest BCUT2D eigenvalue weighted by atomic mass is 16.7. The molecule has 10 nitrogen and oxygen atoms in total. The lowest BCUT2D eigenvalue weighted by molar-refractivity contribution is -0.0592. The van der Waals surface area contributed by atoms with Gasteiger partial charge in [0.1, 0.15) is 28.7 Å². The van der Waals surface area contributed by atoms with Crippen LogP contribution in [-0.4, -0.2) is 33.8 Å². The van der Waals surface area contributed by atoms with Crippen molar-refractivity contribution in [3.8, 4) is 28.4 Å². The SMILES string of the molecule is CO[C@@H]1CC[C@H](O)c2c1oc1c3c4c(c(O)c1c2=O)-c1c(cc2cc(C)n(C)c(=O)c2c1O)C[C@H]4OCO3. The highest BCUT2D eigenvalue weighted by Gasteiger charge is 2.41. The number of phenolic OH excluding ortho intramolecular Hbond substituents is 2. The van der Waals surface area contributed by atoms with Gasteiger partial charge in [0.2, 0.25) is 5.43 Å². The molecule has 0 unspecified atom stereocenters. The molecule has 0 bridgehead atoms. The Kier molecular flexibility index (Phi) is 4.79. The van der Waals surface area contributed by atoms with Crippen LogP contribution in [0.15, 0.2) is 26.1 Å². The molecule has 0 amide bonds. The predicted molar refractivity (Wildman–Crippen MR) is 136 cm³/mol. The first kappa shape index (κ1) is 23.3. The monoisotopic (exact) mass is 519 g/mol. The van der Waals surface area contributed by atoms with Crippen molar-refractivity contribution in [3.05, 3.63) is 60.9 Å². The Balaban J connectivity index is 1.65. The summed E-state index contributed by atoms with van der Waals surface area (Å²) >= 11 is 0. The number of aliphatic hydroxyl groups excluding tert-OH is 1.